The summed E-state index contributed by atoms with van der Waals surface area (Å²) in [5, 5.41) is 0. The Bertz CT molecular complexity index is 399. The number of nitrogen functional groups attached to an aromatic ring is 1. The highest BCUT2D eigenvalue weighted by molar-refractivity contribution is 9.10. The smallest absolute Gasteiger partial charge is 0.163 e. The second-order valence-corrected chi connectivity index (χ2v) is 4.47. The second kappa shape index (κ2) is 5.12. The number of anilines is 1. The van der Waals surface area contributed by atoms with Gasteiger partial charge in [-0.15, -0.1) is 6.58 Å². The van der Waals surface area contributed by atoms with Gasteiger partial charge in [-0.25, -0.2) is 0 Å². The van der Waals surface area contributed by atoms with Crippen LogP contribution in [0.3, 0.4) is 0 Å². The lowest BCUT2D eigenvalue weighted by molar-refractivity contribution is 0.0983. The fraction of sp³-hybridized carbons (Fsp3) is 0.250. The van der Waals surface area contributed by atoms with Crippen LogP contribution in [0.2, 0.25) is 0 Å². The highest BCUT2D eigenvalue weighted by Gasteiger charge is 2.07. The average molecular weight is 268 g/mol. The largest absolute Gasteiger partial charge is 0.398 e. The predicted molar refractivity (Wildman–Crippen MR) is 66.9 cm³/mol. The molecule has 1 aromatic rings. The van der Waals surface area contributed by atoms with Crippen LogP contribution < -0.4 is 5.73 Å². The van der Waals surface area contributed by atoms with Gasteiger partial charge in [-0.1, -0.05) is 5.57 Å². The first-order valence-corrected chi connectivity index (χ1v) is 5.52. The van der Waals surface area contributed by atoms with Gasteiger partial charge in [0.15, 0.2) is 5.78 Å². The number of ketones is 1. The highest BCUT2D eigenvalue weighted by atomic mass is 79.9. The van der Waals surface area contributed by atoms with Crippen molar-refractivity contribution in [1.82, 2.24) is 0 Å². The van der Waals surface area contributed by atoms with Gasteiger partial charge in [0.25, 0.3) is 0 Å². The van der Waals surface area contributed by atoms with Crippen LogP contribution in [0.25, 0.3) is 0 Å². The zero-order valence-corrected chi connectivity index (χ0v) is 10.3. The van der Waals surface area contributed by atoms with Gasteiger partial charge < -0.3 is 5.73 Å². The summed E-state index contributed by atoms with van der Waals surface area (Å²) in [6.45, 7) is 5.69. The minimum absolute atomic E-state index is 0.124. The Labute approximate surface area is 98.3 Å². The van der Waals surface area contributed by atoms with E-state index in [0.29, 0.717) is 17.7 Å². The van der Waals surface area contributed by atoms with E-state index in [-0.39, 0.29) is 5.78 Å². The standard InChI is InChI=1S/C12H14BrNO/c1-8(2)3-6-12(15)9-4-5-11(14)10(13)7-9/h4-5,7H,1,3,6,14H2,2H3. The third-order valence-electron chi connectivity index (χ3n) is 2.10. The summed E-state index contributed by atoms with van der Waals surface area (Å²) in [7, 11) is 0. The minimum Gasteiger partial charge on any atom is -0.398 e. The van der Waals surface area contributed by atoms with Crippen LogP contribution in [0.15, 0.2) is 34.8 Å². The van der Waals surface area contributed by atoms with E-state index in [2.05, 4.69) is 22.5 Å². The molecule has 0 bridgehead atoms. The van der Waals surface area contributed by atoms with E-state index < -0.39 is 0 Å². The third kappa shape index (κ3) is 3.51. The lowest BCUT2D eigenvalue weighted by Gasteiger charge is -2.03. The zero-order chi connectivity index (χ0) is 11.4. The molecule has 0 radical (unpaired) electrons. The first-order valence-electron chi connectivity index (χ1n) is 4.73. The Kier molecular flexibility index (Phi) is 4.09. The monoisotopic (exact) mass is 267 g/mol. The van der Waals surface area contributed by atoms with E-state index in [4.69, 9.17) is 5.73 Å². The molecule has 0 saturated carbocycles. The molecule has 1 aromatic carbocycles. The van der Waals surface area contributed by atoms with Crippen molar-refractivity contribution in [2.75, 3.05) is 5.73 Å². The topological polar surface area (TPSA) is 43.1 Å². The summed E-state index contributed by atoms with van der Waals surface area (Å²) in [4.78, 5) is 11.7. The number of carbonyl (C=O) groups is 1. The van der Waals surface area contributed by atoms with Gasteiger partial charge in [-0.05, 0) is 47.5 Å². The summed E-state index contributed by atoms with van der Waals surface area (Å²) in [5.41, 5.74) is 8.00. The molecular formula is C12H14BrNO. The zero-order valence-electron chi connectivity index (χ0n) is 8.72. The molecule has 2 N–H and O–H groups in total. The van der Waals surface area contributed by atoms with Crippen molar-refractivity contribution in [3.63, 3.8) is 0 Å². The fourth-order valence-electron chi connectivity index (χ4n) is 1.17. The van der Waals surface area contributed by atoms with Crippen LogP contribution in [0.4, 0.5) is 5.69 Å². The Morgan fingerprint density at radius 3 is 2.67 bits per heavy atom. The van der Waals surface area contributed by atoms with Crippen LogP contribution in [-0.2, 0) is 0 Å². The van der Waals surface area contributed by atoms with Crippen LogP contribution >= 0.6 is 15.9 Å². The number of benzene rings is 1. The second-order valence-electron chi connectivity index (χ2n) is 3.62. The molecule has 0 aliphatic rings. The minimum atomic E-state index is 0.124. The summed E-state index contributed by atoms with van der Waals surface area (Å²) in [6, 6.07) is 5.25. The molecule has 0 fully saturated rings. The molecule has 0 saturated heterocycles. The van der Waals surface area contributed by atoms with Crippen LogP contribution in [0.1, 0.15) is 30.1 Å². The summed E-state index contributed by atoms with van der Waals surface area (Å²) in [6.07, 6.45) is 1.24. The van der Waals surface area contributed by atoms with Crippen molar-refractivity contribution < 1.29 is 4.79 Å². The first kappa shape index (κ1) is 12.0. The summed E-state index contributed by atoms with van der Waals surface area (Å²) in [5.74, 6) is 0.124. The van der Waals surface area contributed by atoms with E-state index in [1.54, 1.807) is 18.2 Å². The van der Waals surface area contributed by atoms with Gasteiger partial charge in [-0.3, -0.25) is 4.79 Å². The molecule has 80 valence electrons. The van der Waals surface area contributed by atoms with Crippen LogP contribution in [0, 0.1) is 0 Å². The van der Waals surface area contributed by atoms with Gasteiger partial charge in [0.1, 0.15) is 0 Å². The number of hydrogen-bond acceptors (Lipinski definition) is 2. The Hall–Kier alpha value is -1.09. The SMILES string of the molecule is C=C(C)CCC(=O)c1ccc(N)c(Br)c1. The average Bonchev–Trinajstić information content (AvgIpc) is 2.18. The molecule has 0 heterocycles. The van der Waals surface area contributed by atoms with Crippen LogP contribution in [0.5, 0.6) is 0 Å². The Morgan fingerprint density at radius 1 is 1.47 bits per heavy atom. The van der Waals surface area contributed by atoms with Gasteiger partial charge >= 0.3 is 0 Å². The van der Waals surface area contributed by atoms with Gasteiger partial charge in [0.2, 0.25) is 0 Å². The van der Waals surface area contributed by atoms with Crippen molar-refractivity contribution in [1.29, 1.82) is 0 Å². The summed E-state index contributed by atoms with van der Waals surface area (Å²) >= 11 is 3.30. The van der Waals surface area contributed by atoms with Crippen molar-refractivity contribution in [2.45, 2.75) is 19.8 Å². The maximum Gasteiger partial charge on any atom is 0.163 e. The lowest BCUT2D eigenvalue weighted by atomic mass is 10.0. The van der Waals surface area contributed by atoms with Crippen molar-refractivity contribution in [3.8, 4) is 0 Å². The first-order chi connectivity index (χ1) is 7.00. The van der Waals surface area contributed by atoms with Crippen LogP contribution in [-0.4, -0.2) is 5.78 Å². The summed E-state index contributed by atoms with van der Waals surface area (Å²) < 4.78 is 0.767. The lowest BCUT2D eigenvalue weighted by Crippen LogP contribution is -2.00. The van der Waals surface area contributed by atoms with E-state index >= 15 is 0 Å². The van der Waals surface area contributed by atoms with E-state index in [1.165, 1.54) is 0 Å². The quantitative estimate of drug-likeness (QED) is 0.515. The molecule has 2 nitrogen and oxygen atoms in total. The molecule has 0 atom stereocenters. The number of allylic oxidation sites excluding steroid dienone is 1. The molecule has 0 aliphatic carbocycles. The molecule has 1 rings (SSSR count). The van der Waals surface area contributed by atoms with Crippen molar-refractivity contribution >= 4 is 27.4 Å². The number of nitrogens with two attached hydrogens (primary N) is 1. The maximum absolute atomic E-state index is 11.7. The number of halogens is 1. The molecule has 15 heavy (non-hydrogen) atoms. The predicted octanol–water partition coefficient (Wildman–Crippen LogP) is 3.57. The van der Waals surface area contributed by atoms with Gasteiger partial charge in [0, 0.05) is 22.1 Å². The van der Waals surface area contributed by atoms with E-state index in [9.17, 15) is 4.79 Å². The number of Topliss-reactive ketones (excluding diaryl/α,β-unsaturated/α-hetero) is 1. The highest BCUT2D eigenvalue weighted by Crippen LogP contribution is 2.21. The third-order valence-corrected chi connectivity index (χ3v) is 2.79. The molecule has 0 spiro atoms. The molecule has 0 aromatic heterocycles. The van der Waals surface area contributed by atoms with Crippen molar-refractivity contribution in [3.05, 3.63) is 40.4 Å². The molecule has 3 heteroatoms. The molecule has 0 unspecified atom stereocenters. The Morgan fingerprint density at radius 2 is 2.13 bits per heavy atom. The fourth-order valence-corrected chi connectivity index (χ4v) is 1.55. The molecule has 0 amide bonds. The van der Waals surface area contributed by atoms with Crippen molar-refractivity contribution in [2.24, 2.45) is 0 Å². The van der Waals surface area contributed by atoms with Gasteiger partial charge in [-0.2, -0.15) is 0 Å². The number of hydrogen-bond donors (Lipinski definition) is 1. The molecule has 0 aliphatic heterocycles. The Balaban J connectivity index is 2.74. The number of rotatable bonds is 4. The van der Waals surface area contributed by atoms with E-state index in [0.717, 1.165) is 16.5 Å². The van der Waals surface area contributed by atoms with E-state index in [1.807, 2.05) is 6.92 Å². The van der Waals surface area contributed by atoms with Gasteiger partial charge in [0.05, 0.1) is 0 Å². The number of carbonyl (C=O) groups excluding carboxylic acids is 1. The normalized spacial score (nSPS) is 10.0. The molecular weight excluding hydrogens is 254 g/mol. The maximum atomic E-state index is 11.7.